The largest absolute Gasteiger partial charge is 0.394 e. The van der Waals surface area contributed by atoms with Crippen molar-refractivity contribution in [3.8, 4) is 0 Å². The highest BCUT2D eigenvalue weighted by Crippen LogP contribution is 2.19. The van der Waals surface area contributed by atoms with Crippen LogP contribution in [0.4, 0.5) is 11.6 Å². The lowest BCUT2D eigenvalue weighted by Gasteiger charge is -2.29. The standard InChI is InChI=1S/C12H22N4O3/c1-8(2)11-14-9(13-3)4-10(15-11)16-12(5-17,6-18)7-19/h4,8,17-19H,5-7H2,1-3H3,(H2,13,14,15,16). The quantitative estimate of drug-likeness (QED) is 0.465. The molecule has 0 aliphatic carbocycles. The number of nitrogens with zero attached hydrogens (tertiary/aromatic N) is 2. The van der Waals surface area contributed by atoms with Crippen LogP contribution >= 0.6 is 0 Å². The zero-order chi connectivity index (χ0) is 14.5. The Bertz CT molecular complexity index is 400. The van der Waals surface area contributed by atoms with Gasteiger partial charge in [-0.25, -0.2) is 9.97 Å². The average Bonchev–Trinajstić information content (AvgIpc) is 2.44. The summed E-state index contributed by atoms with van der Waals surface area (Å²) in [5, 5.41) is 33.7. The average molecular weight is 270 g/mol. The van der Waals surface area contributed by atoms with E-state index in [2.05, 4.69) is 20.6 Å². The Hall–Kier alpha value is -1.44. The molecule has 0 saturated heterocycles. The number of rotatable bonds is 7. The van der Waals surface area contributed by atoms with Crippen LogP contribution in [0.1, 0.15) is 25.6 Å². The highest BCUT2D eigenvalue weighted by atomic mass is 16.3. The summed E-state index contributed by atoms with van der Waals surface area (Å²) in [6.07, 6.45) is 0. The first-order valence-corrected chi connectivity index (χ1v) is 6.17. The number of aliphatic hydroxyl groups excluding tert-OH is 3. The molecule has 0 unspecified atom stereocenters. The second-order valence-electron chi connectivity index (χ2n) is 4.78. The Balaban J connectivity index is 3.08. The zero-order valence-corrected chi connectivity index (χ0v) is 11.5. The molecule has 7 nitrogen and oxygen atoms in total. The second kappa shape index (κ2) is 6.65. The van der Waals surface area contributed by atoms with E-state index in [1.165, 1.54) is 0 Å². The Morgan fingerprint density at radius 3 is 2.05 bits per heavy atom. The van der Waals surface area contributed by atoms with Crippen LogP contribution in [0, 0.1) is 0 Å². The first kappa shape index (κ1) is 15.6. The van der Waals surface area contributed by atoms with Gasteiger partial charge < -0.3 is 26.0 Å². The molecule has 0 aromatic carbocycles. The number of anilines is 2. The molecule has 19 heavy (non-hydrogen) atoms. The van der Waals surface area contributed by atoms with Crippen molar-refractivity contribution in [3.63, 3.8) is 0 Å². The first-order valence-electron chi connectivity index (χ1n) is 6.17. The third kappa shape index (κ3) is 3.76. The molecular weight excluding hydrogens is 248 g/mol. The van der Waals surface area contributed by atoms with Crippen LogP contribution in [0.2, 0.25) is 0 Å². The predicted octanol–water partition coefficient (Wildman–Crippen LogP) is -0.231. The number of aliphatic hydroxyl groups is 3. The SMILES string of the molecule is CNc1cc(NC(CO)(CO)CO)nc(C(C)C)n1. The van der Waals surface area contributed by atoms with Gasteiger partial charge in [-0.1, -0.05) is 13.8 Å². The van der Waals surface area contributed by atoms with Gasteiger partial charge in [0.25, 0.3) is 0 Å². The van der Waals surface area contributed by atoms with E-state index in [1.54, 1.807) is 13.1 Å². The van der Waals surface area contributed by atoms with Crippen LogP contribution in [0.25, 0.3) is 0 Å². The highest BCUT2D eigenvalue weighted by Gasteiger charge is 2.28. The van der Waals surface area contributed by atoms with Gasteiger partial charge in [0.05, 0.1) is 19.8 Å². The van der Waals surface area contributed by atoms with Crippen molar-refractivity contribution in [2.75, 3.05) is 37.5 Å². The number of hydrogen-bond acceptors (Lipinski definition) is 7. The lowest BCUT2D eigenvalue weighted by atomic mass is 10.0. The van der Waals surface area contributed by atoms with E-state index < -0.39 is 25.4 Å². The van der Waals surface area contributed by atoms with E-state index in [1.807, 2.05) is 13.8 Å². The molecule has 5 N–H and O–H groups in total. The Labute approximate surface area is 112 Å². The van der Waals surface area contributed by atoms with E-state index in [9.17, 15) is 15.3 Å². The van der Waals surface area contributed by atoms with Crippen LogP contribution in [-0.2, 0) is 0 Å². The molecule has 1 aromatic heterocycles. The molecule has 0 radical (unpaired) electrons. The van der Waals surface area contributed by atoms with Gasteiger partial charge in [-0.3, -0.25) is 0 Å². The third-order valence-electron chi connectivity index (χ3n) is 2.82. The molecule has 1 rings (SSSR count). The highest BCUT2D eigenvalue weighted by molar-refractivity contribution is 5.49. The molecule has 1 aromatic rings. The Morgan fingerprint density at radius 2 is 1.63 bits per heavy atom. The summed E-state index contributed by atoms with van der Waals surface area (Å²) in [5.74, 6) is 1.85. The van der Waals surface area contributed by atoms with Gasteiger partial charge in [0.2, 0.25) is 0 Å². The van der Waals surface area contributed by atoms with Crippen molar-refractivity contribution in [3.05, 3.63) is 11.9 Å². The van der Waals surface area contributed by atoms with E-state index in [0.29, 0.717) is 17.5 Å². The maximum Gasteiger partial charge on any atom is 0.135 e. The monoisotopic (exact) mass is 270 g/mol. The fraction of sp³-hybridized carbons (Fsp3) is 0.667. The van der Waals surface area contributed by atoms with Crippen molar-refractivity contribution in [2.24, 2.45) is 0 Å². The summed E-state index contributed by atoms with van der Waals surface area (Å²) in [4.78, 5) is 8.62. The predicted molar refractivity (Wildman–Crippen MR) is 73.3 cm³/mol. The minimum Gasteiger partial charge on any atom is -0.394 e. The molecule has 108 valence electrons. The molecule has 0 amide bonds. The summed E-state index contributed by atoms with van der Waals surface area (Å²) in [6, 6.07) is 1.65. The molecule has 0 atom stereocenters. The Morgan fingerprint density at radius 1 is 1.11 bits per heavy atom. The maximum atomic E-state index is 9.30. The summed E-state index contributed by atoms with van der Waals surface area (Å²) in [6.45, 7) is 2.72. The van der Waals surface area contributed by atoms with Gasteiger partial charge in [0.15, 0.2) is 0 Å². The number of aromatic nitrogens is 2. The van der Waals surface area contributed by atoms with Gasteiger partial charge in [-0.05, 0) is 0 Å². The van der Waals surface area contributed by atoms with Crippen molar-refractivity contribution in [1.29, 1.82) is 0 Å². The van der Waals surface area contributed by atoms with Crippen molar-refractivity contribution >= 4 is 11.6 Å². The van der Waals surface area contributed by atoms with E-state index in [-0.39, 0.29) is 5.92 Å². The lowest BCUT2D eigenvalue weighted by Crippen LogP contribution is -2.49. The summed E-state index contributed by atoms with van der Waals surface area (Å²) < 4.78 is 0. The molecule has 0 aliphatic rings. The normalized spacial score (nSPS) is 11.7. The summed E-state index contributed by atoms with van der Waals surface area (Å²) in [5.41, 5.74) is -1.20. The van der Waals surface area contributed by atoms with Crippen molar-refractivity contribution in [2.45, 2.75) is 25.3 Å². The van der Waals surface area contributed by atoms with E-state index in [0.717, 1.165) is 0 Å². The van der Waals surface area contributed by atoms with Crippen LogP contribution < -0.4 is 10.6 Å². The van der Waals surface area contributed by atoms with Gasteiger partial charge in [0, 0.05) is 19.0 Å². The molecule has 0 spiro atoms. The van der Waals surface area contributed by atoms with Crippen LogP contribution in [0.15, 0.2) is 6.07 Å². The Kier molecular flexibility index (Phi) is 5.46. The molecule has 0 aliphatic heterocycles. The molecule has 1 heterocycles. The molecule has 0 bridgehead atoms. The van der Waals surface area contributed by atoms with Gasteiger partial charge in [-0.15, -0.1) is 0 Å². The summed E-state index contributed by atoms with van der Waals surface area (Å²) in [7, 11) is 1.74. The van der Waals surface area contributed by atoms with E-state index >= 15 is 0 Å². The first-order chi connectivity index (χ1) is 9.00. The van der Waals surface area contributed by atoms with Gasteiger partial charge >= 0.3 is 0 Å². The van der Waals surface area contributed by atoms with Gasteiger partial charge in [-0.2, -0.15) is 0 Å². The van der Waals surface area contributed by atoms with Crippen LogP contribution in [0.3, 0.4) is 0 Å². The topological polar surface area (TPSA) is 111 Å². The third-order valence-corrected chi connectivity index (χ3v) is 2.82. The molecule has 7 heteroatoms. The van der Waals surface area contributed by atoms with Crippen molar-refractivity contribution < 1.29 is 15.3 Å². The molecular formula is C12H22N4O3. The molecule has 0 saturated carbocycles. The minimum absolute atomic E-state index is 0.139. The second-order valence-corrected chi connectivity index (χ2v) is 4.78. The molecule has 0 fully saturated rings. The lowest BCUT2D eigenvalue weighted by molar-refractivity contribution is 0.0831. The fourth-order valence-corrected chi connectivity index (χ4v) is 1.46. The zero-order valence-electron chi connectivity index (χ0n) is 11.5. The maximum absolute atomic E-state index is 9.30. The smallest absolute Gasteiger partial charge is 0.135 e. The number of hydrogen-bond donors (Lipinski definition) is 5. The van der Waals surface area contributed by atoms with Crippen molar-refractivity contribution in [1.82, 2.24) is 9.97 Å². The minimum atomic E-state index is -1.20. The fourth-order valence-electron chi connectivity index (χ4n) is 1.46. The van der Waals surface area contributed by atoms with Crippen LogP contribution in [-0.4, -0.2) is 57.7 Å². The van der Waals surface area contributed by atoms with Crippen LogP contribution in [0.5, 0.6) is 0 Å². The van der Waals surface area contributed by atoms with E-state index in [4.69, 9.17) is 0 Å². The number of nitrogens with one attached hydrogen (secondary N) is 2. The summed E-state index contributed by atoms with van der Waals surface area (Å²) >= 11 is 0. The van der Waals surface area contributed by atoms with Gasteiger partial charge in [0.1, 0.15) is 23.0 Å².